The molecule has 2 aromatic heterocycles. The first kappa shape index (κ1) is 37.5. The van der Waals surface area contributed by atoms with Crippen molar-refractivity contribution in [2.24, 2.45) is 0 Å². The molecule has 0 aliphatic carbocycles. The first-order valence-corrected chi connectivity index (χ1v) is 22.0. The molecule has 0 spiro atoms. The van der Waals surface area contributed by atoms with Gasteiger partial charge in [-0.15, -0.1) is 0 Å². The molecule has 11 aromatic rings. The Morgan fingerprint density at radius 1 is 0.375 bits per heavy atom. The minimum absolute atomic E-state index is 0.661. The molecule has 0 N–H and O–H groups in total. The van der Waals surface area contributed by atoms with E-state index in [1.165, 1.54) is 66.4 Å². The molecule has 0 unspecified atom stereocenters. The molecule has 64 heavy (non-hydrogen) atoms. The van der Waals surface area contributed by atoms with Gasteiger partial charge in [-0.3, -0.25) is 4.90 Å². The molecule has 12 rings (SSSR count). The lowest BCUT2D eigenvalue weighted by Crippen LogP contribution is -2.38. The van der Waals surface area contributed by atoms with Gasteiger partial charge < -0.3 is 4.57 Å². The summed E-state index contributed by atoms with van der Waals surface area (Å²) in [5.41, 5.74) is 17.8. The second kappa shape index (κ2) is 15.3. The van der Waals surface area contributed by atoms with E-state index in [4.69, 9.17) is 4.98 Å². The number of benzene rings is 9. The van der Waals surface area contributed by atoms with Gasteiger partial charge in [0.1, 0.15) is 5.82 Å². The predicted octanol–water partition coefficient (Wildman–Crippen LogP) is 15.7. The van der Waals surface area contributed by atoms with Crippen molar-refractivity contribution < 1.29 is 0 Å². The number of hydrogen-bond donors (Lipinski definition) is 0. The zero-order valence-corrected chi connectivity index (χ0v) is 35.4. The lowest BCUT2D eigenvalue weighted by Gasteiger charge is -2.46. The molecule has 0 saturated carbocycles. The van der Waals surface area contributed by atoms with Crippen molar-refractivity contribution in [1.82, 2.24) is 9.55 Å². The largest absolute Gasteiger partial charge is 0.309 e. The highest BCUT2D eigenvalue weighted by Gasteiger charge is 2.46. The Morgan fingerprint density at radius 3 is 1.66 bits per heavy atom. The van der Waals surface area contributed by atoms with Crippen LogP contribution in [0.1, 0.15) is 27.8 Å². The van der Waals surface area contributed by atoms with Gasteiger partial charge in [0.15, 0.2) is 0 Å². The third-order valence-electron chi connectivity index (χ3n) is 13.1. The Hall–Kier alpha value is -8.27. The molecule has 1 aliphatic rings. The lowest BCUT2D eigenvalue weighted by atomic mass is 9.62. The number of aryl methyl sites for hydroxylation is 1. The van der Waals surface area contributed by atoms with Crippen LogP contribution in [-0.2, 0) is 5.41 Å². The SMILES string of the molecule is Cc1ccc(-n2c3ccccc3c3cc(-c4cccc(C5(c6ccccc6)c6ccccc6N(c6cc(-c7ccccc7)cc(-c7ccccc7)n6)c6ccccc65)c4)ccc32)cc1. The van der Waals surface area contributed by atoms with E-state index in [0.717, 1.165) is 39.6 Å². The van der Waals surface area contributed by atoms with E-state index in [9.17, 15) is 0 Å². The Morgan fingerprint density at radius 2 is 0.938 bits per heavy atom. The molecule has 0 atom stereocenters. The lowest BCUT2D eigenvalue weighted by molar-refractivity contribution is 0.730. The fourth-order valence-corrected chi connectivity index (χ4v) is 10.2. The predicted molar refractivity (Wildman–Crippen MR) is 266 cm³/mol. The summed E-state index contributed by atoms with van der Waals surface area (Å²) in [7, 11) is 0. The second-order valence-corrected chi connectivity index (χ2v) is 16.8. The Labute approximate surface area is 373 Å². The molecule has 0 radical (unpaired) electrons. The van der Waals surface area contributed by atoms with Crippen LogP contribution in [0.2, 0.25) is 0 Å². The highest BCUT2D eigenvalue weighted by Crippen LogP contribution is 2.58. The van der Waals surface area contributed by atoms with Crippen molar-refractivity contribution in [2.45, 2.75) is 12.3 Å². The monoisotopic (exact) mass is 817 g/mol. The summed E-state index contributed by atoms with van der Waals surface area (Å²) < 4.78 is 2.39. The summed E-state index contributed by atoms with van der Waals surface area (Å²) in [6, 6.07) is 88.4. The van der Waals surface area contributed by atoms with E-state index >= 15 is 0 Å². The van der Waals surface area contributed by atoms with Crippen molar-refractivity contribution in [3.05, 3.63) is 270 Å². The molecule has 0 fully saturated rings. The van der Waals surface area contributed by atoms with Crippen LogP contribution < -0.4 is 4.90 Å². The molecule has 3 heterocycles. The molecule has 0 saturated heterocycles. The van der Waals surface area contributed by atoms with Gasteiger partial charge in [0.25, 0.3) is 0 Å². The van der Waals surface area contributed by atoms with Crippen LogP contribution >= 0.6 is 0 Å². The van der Waals surface area contributed by atoms with Crippen LogP contribution in [0.3, 0.4) is 0 Å². The third kappa shape index (κ3) is 6.00. The quantitative estimate of drug-likeness (QED) is 0.160. The topological polar surface area (TPSA) is 21.1 Å². The molecule has 302 valence electrons. The Bertz CT molecular complexity index is 3390. The third-order valence-corrected chi connectivity index (χ3v) is 13.1. The number of nitrogens with zero attached hydrogens (tertiary/aromatic N) is 3. The van der Waals surface area contributed by atoms with Gasteiger partial charge in [-0.25, -0.2) is 4.98 Å². The van der Waals surface area contributed by atoms with Crippen LogP contribution in [0, 0.1) is 6.92 Å². The summed E-state index contributed by atoms with van der Waals surface area (Å²) in [6.45, 7) is 2.14. The van der Waals surface area contributed by atoms with Gasteiger partial charge in [0.2, 0.25) is 0 Å². The van der Waals surface area contributed by atoms with E-state index in [-0.39, 0.29) is 0 Å². The second-order valence-electron chi connectivity index (χ2n) is 16.8. The average Bonchev–Trinajstić information content (AvgIpc) is 3.70. The van der Waals surface area contributed by atoms with Gasteiger partial charge in [0.05, 0.1) is 33.5 Å². The molecular formula is C61H43N3. The van der Waals surface area contributed by atoms with E-state index in [1.54, 1.807) is 0 Å². The first-order chi connectivity index (χ1) is 31.6. The van der Waals surface area contributed by atoms with E-state index in [0.29, 0.717) is 0 Å². The molecule has 3 nitrogen and oxygen atoms in total. The van der Waals surface area contributed by atoms with E-state index in [2.05, 4.69) is 259 Å². The van der Waals surface area contributed by atoms with Crippen molar-refractivity contribution in [3.8, 4) is 39.2 Å². The minimum atomic E-state index is -0.661. The number of rotatable bonds is 7. The summed E-state index contributed by atoms with van der Waals surface area (Å²) in [5, 5.41) is 2.48. The van der Waals surface area contributed by atoms with Crippen molar-refractivity contribution in [2.75, 3.05) is 4.90 Å². The van der Waals surface area contributed by atoms with Gasteiger partial charge in [-0.2, -0.15) is 0 Å². The molecule has 3 heteroatoms. The average molecular weight is 818 g/mol. The maximum Gasteiger partial charge on any atom is 0.138 e. The number of fused-ring (bicyclic) bond motifs is 5. The molecular weight excluding hydrogens is 775 g/mol. The zero-order chi connectivity index (χ0) is 42.6. The summed E-state index contributed by atoms with van der Waals surface area (Å²) in [5.74, 6) is 0.869. The molecule has 0 bridgehead atoms. The zero-order valence-electron chi connectivity index (χ0n) is 35.4. The molecule has 9 aromatic carbocycles. The normalized spacial score (nSPS) is 12.9. The van der Waals surface area contributed by atoms with Crippen LogP contribution in [0.15, 0.2) is 243 Å². The van der Waals surface area contributed by atoms with Crippen LogP contribution in [0.25, 0.3) is 61.0 Å². The minimum Gasteiger partial charge on any atom is -0.309 e. The smallest absolute Gasteiger partial charge is 0.138 e. The van der Waals surface area contributed by atoms with Gasteiger partial charge in [-0.1, -0.05) is 188 Å². The number of para-hydroxylation sites is 3. The maximum absolute atomic E-state index is 5.49. The van der Waals surface area contributed by atoms with Crippen molar-refractivity contribution >= 4 is 39.0 Å². The highest BCUT2D eigenvalue weighted by atomic mass is 15.2. The maximum atomic E-state index is 5.49. The number of aromatic nitrogens is 2. The van der Waals surface area contributed by atoms with Crippen LogP contribution in [0.5, 0.6) is 0 Å². The Kier molecular flexibility index (Phi) is 8.94. The summed E-state index contributed by atoms with van der Waals surface area (Å²) >= 11 is 0. The summed E-state index contributed by atoms with van der Waals surface area (Å²) in [4.78, 5) is 7.87. The van der Waals surface area contributed by atoms with Gasteiger partial charge in [-0.05, 0) is 112 Å². The van der Waals surface area contributed by atoms with Crippen LogP contribution in [-0.4, -0.2) is 9.55 Å². The molecule has 0 amide bonds. The first-order valence-electron chi connectivity index (χ1n) is 22.0. The summed E-state index contributed by atoms with van der Waals surface area (Å²) in [6.07, 6.45) is 0. The fraction of sp³-hybridized carbons (Fsp3) is 0.0328. The Balaban J connectivity index is 1.08. The van der Waals surface area contributed by atoms with Crippen LogP contribution in [0.4, 0.5) is 17.2 Å². The number of anilines is 3. The number of pyridine rings is 1. The number of hydrogen-bond acceptors (Lipinski definition) is 2. The fourth-order valence-electron chi connectivity index (χ4n) is 10.2. The molecule has 1 aliphatic heterocycles. The standard InChI is InChI=1S/C61H43N3/c1-42-32-35-50(36-33-42)63-56-29-14-11-26-51(56)52-39-46(34-37-57(52)63)45-22-17-25-49(38-45)61(48-23-9-4-10-24-48)53-27-12-15-30-58(53)64(59-31-16-13-28-54(59)61)60-41-47(43-18-5-2-6-19-43)40-55(62-60)44-20-7-3-8-21-44/h2-41H,1H3. The highest BCUT2D eigenvalue weighted by molar-refractivity contribution is 6.10. The van der Waals surface area contributed by atoms with E-state index in [1.807, 2.05) is 0 Å². The van der Waals surface area contributed by atoms with E-state index < -0.39 is 5.41 Å². The van der Waals surface area contributed by atoms with Crippen molar-refractivity contribution in [1.29, 1.82) is 0 Å². The van der Waals surface area contributed by atoms with Gasteiger partial charge in [0, 0.05) is 22.0 Å². The van der Waals surface area contributed by atoms with Crippen molar-refractivity contribution in [3.63, 3.8) is 0 Å². The van der Waals surface area contributed by atoms with Gasteiger partial charge >= 0.3 is 0 Å².